The van der Waals surface area contributed by atoms with E-state index in [0.29, 0.717) is 18.9 Å². The van der Waals surface area contributed by atoms with Gasteiger partial charge in [0.15, 0.2) is 0 Å². The van der Waals surface area contributed by atoms with Crippen LogP contribution in [0.25, 0.3) is 0 Å². The lowest BCUT2D eigenvalue weighted by Gasteiger charge is -2.46. The van der Waals surface area contributed by atoms with Gasteiger partial charge in [-0.3, -0.25) is 4.79 Å². The molecule has 1 amide bonds. The van der Waals surface area contributed by atoms with Gasteiger partial charge >= 0.3 is 0 Å². The van der Waals surface area contributed by atoms with Crippen molar-refractivity contribution in [1.29, 1.82) is 0 Å². The number of nitrogens with zero attached hydrogens (tertiary/aromatic N) is 1. The van der Waals surface area contributed by atoms with Crippen molar-refractivity contribution in [2.45, 2.75) is 57.2 Å². The molecular weight excluding hydrogens is 414 g/mol. The molecule has 0 saturated carbocycles. The van der Waals surface area contributed by atoms with Crippen molar-refractivity contribution in [3.63, 3.8) is 0 Å². The van der Waals surface area contributed by atoms with Crippen LogP contribution in [0.3, 0.4) is 0 Å². The molecule has 2 fully saturated rings. The second kappa shape index (κ2) is 11.7. The third-order valence-corrected chi connectivity index (χ3v) is 7.19. The largest absolute Gasteiger partial charge is 0.497 e. The van der Waals surface area contributed by atoms with E-state index in [1.807, 2.05) is 35.2 Å². The van der Waals surface area contributed by atoms with Gasteiger partial charge in [0.1, 0.15) is 5.75 Å². The van der Waals surface area contributed by atoms with Gasteiger partial charge in [0.25, 0.3) is 0 Å². The SMILES string of the molecule is COc1ccc(CCC(=O)N2CCC3(CC2)CC(CCOCc2ccccc2)CCO3)cc1. The Morgan fingerprint density at radius 1 is 1.06 bits per heavy atom. The first kappa shape index (κ1) is 23.8. The van der Waals surface area contributed by atoms with Crippen LogP contribution in [0.1, 0.15) is 49.7 Å². The number of likely N-dealkylation sites (tertiary alicyclic amines) is 1. The third kappa shape index (κ3) is 6.81. The predicted molar refractivity (Wildman–Crippen MR) is 129 cm³/mol. The van der Waals surface area contributed by atoms with E-state index in [-0.39, 0.29) is 11.5 Å². The molecule has 0 aliphatic carbocycles. The molecule has 2 aliphatic heterocycles. The summed E-state index contributed by atoms with van der Waals surface area (Å²) in [4.78, 5) is 14.8. The highest BCUT2D eigenvalue weighted by molar-refractivity contribution is 5.76. The van der Waals surface area contributed by atoms with Crippen LogP contribution in [-0.2, 0) is 27.3 Å². The highest BCUT2D eigenvalue weighted by atomic mass is 16.5. The number of carbonyl (C=O) groups is 1. The van der Waals surface area contributed by atoms with Crippen LogP contribution in [-0.4, -0.2) is 49.8 Å². The maximum absolute atomic E-state index is 12.8. The number of methoxy groups -OCH3 is 1. The monoisotopic (exact) mass is 451 g/mol. The van der Waals surface area contributed by atoms with E-state index in [2.05, 4.69) is 24.3 Å². The van der Waals surface area contributed by atoms with E-state index in [9.17, 15) is 4.79 Å². The summed E-state index contributed by atoms with van der Waals surface area (Å²) in [6, 6.07) is 18.3. The van der Waals surface area contributed by atoms with Crippen LogP contribution >= 0.6 is 0 Å². The van der Waals surface area contributed by atoms with Gasteiger partial charge in [-0.05, 0) is 67.7 Å². The lowest BCUT2D eigenvalue weighted by molar-refractivity contribution is -0.148. The van der Waals surface area contributed by atoms with Gasteiger partial charge in [0.2, 0.25) is 5.91 Å². The quantitative estimate of drug-likeness (QED) is 0.502. The molecule has 4 rings (SSSR count). The second-order valence-corrected chi connectivity index (χ2v) is 9.45. The number of amides is 1. The van der Waals surface area contributed by atoms with Gasteiger partial charge in [0.05, 0.1) is 19.3 Å². The molecule has 2 saturated heterocycles. The molecule has 2 aromatic carbocycles. The first-order valence-corrected chi connectivity index (χ1v) is 12.3. The summed E-state index contributed by atoms with van der Waals surface area (Å²) in [5.74, 6) is 1.74. The molecule has 2 aromatic rings. The van der Waals surface area contributed by atoms with Crippen LogP contribution < -0.4 is 4.74 Å². The maximum atomic E-state index is 12.8. The van der Waals surface area contributed by atoms with Crippen molar-refractivity contribution < 1.29 is 19.0 Å². The fourth-order valence-corrected chi connectivity index (χ4v) is 5.10. The van der Waals surface area contributed by atoms with Crippen LogP contribution in [0.5, 0.6) is 5.75 Å². The van der Waals surface area contributed by atoms with Crippen molar-refractivity contribution in [2.24, 2.45) is 5.92 Å². The van der Waals surface area contributed by atoms with Gasteiger partial charge in [0, 0.05) is 32.7 Å². The number of hydrogen-bond donors (Lipinski definition) is 0. The lowest BCUT2D eigenvalue weighted by atomic mass is 9.78. The Morgan fingerprint density at radius 3 is 2.55 bits per heavy atom. The minimum absolute atomic E-state index is 0.0465. The molecule has 2 aliphatic rings. The molecule has 33 heavy (non-hydrogen) atoms. The van der Waals surface area contributed by atoms with Gasteiger partial charge in [-0.15, -0.1) is 0 Å². The summed E-state index contributed by atoms with van der Waals surface area (Å²) >= 11 is 0. The Morgan fingerprint density at radius 2 is 1.82 bits per heavy atom. The van der Waals surface area contributed by atoms with E-state index in [1.165, 1.54) is 11.1 Å². The Labute approximate surface area is 198 Å². The number of hydrogen-bond acceptors (Lipinski definition) is 4. The lowest BCUT2D eigenvalue weighted by Crippen LogP contribution is -2.50. The molecule has 178 valence electrons. The number of aryl methyl sites for hydroxylation is 1. The zero-order valence-electron chi connectivity index (χ0n) is 19.8. The first-order chi connectivity index (χ1) is 16.2. The van der Waals surface area contributed by atoms with E-state index in [4.69, 9.17) is 14.2 Å². The van der Waals surface area contributed by atoms with E-state index in [1.54, 1.807) is 7.11 Å². The second-order valence-electron chi connectivity index (χ2n) is 9.45. The smallest absolute Gasteiger partial charge is 0.222 e. The molecule has 5 heteroatoms. The van der Waals surface area contributed by atoms with Gasteiger partial charge < -0.3 is 19.1 Å². The van der Waals surface area contributed by atoms with Gasteiger partial charge in [-0.2, -0.15) is 0 Å². The number of carbonyl (C=O) groups excluding carboxylic acids is 1. The number of rotatable bonds is 9. The predicted octanol–water partition coefficient (Wildman–Crippen LogP) is 5.02. The summed E-state index contributed by atoms with van der Waals surface area (Å²) < 4.78 is 17.4. The Bertz CT molecular complexity index is 859. The van der Waals surface area contributed by atoms with Crippen molar-refractivity contribution >= 4 is 5.91 Å². The highest BCUT2D eigenvalue weighted by Gasteiger charge is 2.40. The summed E-state index contributed by atoms with van der Waals surface area (Å²) in [6.45, 7) is 3.92. The maximum Gasteiger partial charge on any atom is 0.222 e. The number of ether oxygens (including phenoxy) is 3. The molecule has 1 spiro atoms. The van der Waals surface area contributed by atoms with Crippen molar-refractivity contribution in [3.05, 3.63) is 65.7 Å². The first-order valence-electron chi connectivity index (χ1n) is 12.3. The zero-order valence-corrected chi connectivity index (χ0v) is 19.8. The average molecular weight is 452 g/mol. The minimum atomic E-state index is -0.0465. The van der Waals surface area contributed by atoms with Crippen molar-refractivity contribution in [1.82, 2.24) is 4.90 Å². The van der Waals surface area contributed by atoms with Crippen LogP contribution in [0.4, 0.5) is 0 Å². The third-order valence-electron chi connectivity index (χ3n) is 7.19. The van der Waals surface area contributed by atoms with Gasteiger partial charge in [-0.25, -0.2) is 0 Å². The zero-order chi connectivity index (χ0) is 22.9. The van der Waals surface area contributed by atoms with Crippen LogP contribution in [0, 0.1) is 5.92 Å². The molecule has 1 atom stereocenters. The molecule has 0 aromatic heterocycles. The average Bonchev–Trinajstić information content (AvgIpc) is 2.87. The Hall–Kier alpha value is -2.37. The number of benzene rings is 2. The molecule has 5 nitrogen and oxygen atoms in total. The van der Waals surface area contributed by atoms with Gasteiger partial charge in [-0.1, -0.05) is 42.5 Å². The van der Waals surface area contributed by atoms with Crippen LogP contribution in [0.15, 0.2) is 54.6 Å². The highest BCUT2D eigenvalue weighted by Crippen LogP contribution is 2.39. The Balaban J connectivity index is 1.17. The minimum Gasteiger partial charge on any atom is -0.497 e. The molecule has 0 bridgehead atoms. The molecule has 0 N–H and O–H groups in total. The van der Waals surface area contributed by atoms with Crippen molar-refractivity contribution in [3.8, 4) is 5.75 Å². The molecule has 0 radical (unpaired) electrons. The summed E-state index contributed by atoms with van der Waals surface area (Å²) in [6.07, 6.45) is 6.51. The molecule has 1 unspecified atom stereocenters. The van der Waals surface area contributed by atoms with E-state index in [0.717, 1.165) is 70.6 Å². The summed E-state index contributed by atoms with van der Waals surface area (Å²) in [5, 5.41) is 0. The summed E-state index contributed by atoms with van der Waals surface area (Å²) in [5.41, 5.74) is 2.35. The normalized spacial score (nSPS) is 20.0. The number of piperidine rings is 1. The van der Waals surface area contributed by atoms with E-state index >= 15 is 0 Å². The molecule has 2 heterocycles. The molecular formula is C28H37NO4. The van der Waals surface area contributed by atoms with E-state index < -0.39 is 0 Å². The summed E-state index contributed by atoms with van der Waals surface area (Å²) in [7, 11) is 1.67. The fraction of sp³-hybridized carbons (Fsp3) is 0.536. The van der Waals surface area contributed by atoms with Crippen molar-refractivity contribution in [2.75, 3.05) is 33.4 Å². The topological polar surface area (TPSA) is 48.0 Å². The Kier molecular flexibility index (Phi) is 8.40. The standard InChI is InChI=1S/C28H37NO4/c1-31-26-10-7-23(8-11-26)9-12-27(30)29-17-15-28(16-18-29)21-24(14-20-33-28)13-19-32-22-25-5-3-2-4-6-25/h2-8,10-11,24H,9,12-22H2,1H3. The van der Waals surface area contributed by atoms with Crippen LogP contribution in [0.2, 0.25) is 0 Å². The fourth-order valence-electron chi connectivity index (χ4n) is 5.10.